The van der Waals surface area contributed by atoms with Crippen LogP contribution in [-0.4, -0.2) is 18.6 Å². The van der Waals surface area contributed by atoms with Gasteiger partial charge in [-0.15, -0.1) is 24.8 Å². The van der Waals surface area contributed by atoms with Gasteiger partial charge >= 0.3 is 180 Å². The number of fused-ring (bicyclic) bond motifs is 4. The molecule has 0 spiro atoms. The molecule has 0 saturated heterocycles. The molecule has 0 aliphatic heterocycles. The molecule has 5 heteroatoms. The van der Waals surface area contributed by atoms with Crippen molar-refractivity contribution in [2.45, 2.75) is 25.2 Å². The summed E-state index contributed by atoms with van der Waals surface area (Å²) in [7, 11) is 0. The predicted octanol–water partition coefficient (Wildman–Crippen LogP) is 6.31. The second-order valence-corrected chi connectivity index (χ2v) is 31.0. The maximum absolute atomic E-state index is 9.76. The van der Waals surface area contributed by atoms with Gasteiger partial charge in [0.05, 0.1) is 0 Å². The van der Waals surface area contributed by atoms with Gasteiger partial charge in [-0.3, -0.25) is 0 Å². The van der Waals surface area contributed by atoms with Crippen molar-refractivity contribution in [1.29, 1.82) is 0 Å². The summed E-state index contributed by atoms with van der Waals surface area (Å²) in [5.74, 6) is 0.266. The van der Waals surface area contributed by atoms with Crippen LogP contribution in [0.1, 0.15) is 43.8 Å². The van der Waals surface area contributed by atoms with Crippen molar-refractivity contribution >= 4 is 37.8 Å². The third-order valence-electron chi connectivity index (χ3n) is 6.50. The summed E-state index contributed by atoms with van der Waals surface area (Å²) >= 11 is -2.32. The fourth-order valence-corrected chi connectivity index (χ4v) is 13.4. The molecular weight excluding hydrogens is 519 g/mol. The molecule has 31 heavy (non-hydrogen) atoms. The van der Waals surface area contributed by atoms with E-state index >= 15 is 0 Å². The van der Waals surface area contributed by atoms with Crippen LogP contribution in [0, 0.1) is 0 Å². The van der Waals surface area contributed by atoms with E-state index in [2.05, 4.69) is 88.9 Å². The Bertz CT molecular complexity index is 1200. The fourth-order valence-electron chi connectivity index (χ4n) is 5.45. The molecule has 3 aromatic carbocycles. The third kappa shape index (κ3) is 4.09. The standard InChI is InChI=1S/C24H19O.2CH3.2ClH.H2Si.Zr/c25-13-12-18-14-16-6-2-4-9-20(16)24(18)22-11-5-10-21-19-8-3-1-7-17(19)15-23(21)22;;;;;;/h1-11,14-15,24-25H,12-13H2;2*1H3;2*1H;1H2;. The van der Waals surface area contributed by atoms with Crippen molar-refractivity contribution in [3.63, 3.8) is 0 Å². The van der Waals surface area contributed by atoms with Gasteiger partial charge in [-0.25, -0.2) is 0 Å². The summed E-state index contributed by atoms with van der Waals surface area (Å²) in [6, 6.07) is 24.8. The van der Waals surface area contributed by atoms with Gasteiger partial charge in [0.1, 0.15) is 0 Å². The monoisotopic (exact) mass is 545 g/mol. The fraction of sp³-hybridized carbons (Fsp3) is 0.231. The molecular formula is C26H29Cl2OSiZr. The molecule has 1 N–H and O–H groups in total. The molecule has 0 aromatic heterocycles. The van der Waals surface area contributed by atoms with Crippen LogP contribution >= 0.6 is 24.8 Å². The van der Waals surface area contributed by atoms with Crippen LogP contribution in [0.2, 0.25) is 9.26 Å². The van der Waals surface area contributed by atoms with Crippen LogP contribution in [0.15, 0.2) is 72.3 Å². The topological polar surface area (TPSA) is 20.2 Å². The first-order valence-electron chi connectivity index (χ1n) is 10.5. The minimum absolute atomic E-state index is 0. The van der Waals surface area contributed by atoms with Crippen molar-refractivity contribution in [2.75, 3.05) is 6.61 Å². The normalized spacial score (nSPS) is 18.2. The first-order valence-corrected chi connectivity index (χ1v) is 22.7. The number of halogens is 2. The number of benzene rings is 3. The SMILES string of the molecule is Cl.Cl.[CH3][Zr]([CH3])(=[SiH2])[CH]1c2ccccc2-c2cccc(C3C(CCO)=Cc4ccccc43)c21. The quantitative estimate of drug-likeness (QED) is 0.380. The van der Waals surface area contributed by atoms with Crippen LogP contribution in [0.3, 0.4) is 0 Å². The van der Waals surface area contributed by atoms with Crippen molar-refractivity contribution in [3.05, 3.63) is 100 Å². The number of hydrogen-bond donors (Lipinski definition) is 1. The summed E-state index contributed by atoms with van der Waals surface area (Å²) in [6.45, 7) is 2.52. The van der Waals surface area contributed by atoms with E-state index in [0.29, 0.717) is 3.63 Å². The molecule has 2 aliphatic rings. The first-order chi connectivity index (χ1) is 14.0. The number of rotatable bonds is 4. The van der Waals surface area contributed by atoms with E-state index in [9.17, 15) is 5.11 Å². The molecule has 0 amide bonds. The number of aliphatic hydroxyl groups is 1. The molecule has 2 atom stereocenters. The van der Waals surface area contributed by atoms with Crippen molar-refractivity contribution in [2.24, 2.45) is 0 Å². The average molecular weight is 548 g/mol. The van der Waals surface area contributed by atoms with E-state index in [1.807, 2.05) is 0 Å². The van der Waals surface area contributed by atoms with Gasteiger partial charge in [0.15, 0.2) is 0 Å². The molecule has 3 aromatic rings. The van der Waals surface area contributed by atoms with E-state index in [0.717, 1.165) is 6.42 Å². The van der Waals surface area contributed by atoms with Gasteiger partial charge in [0.2, 0.25) is 0 Å². The summed E-state index contributed by atoms with van der Waals surface area (Å²) in [5.41, 5.74) is 11.5. The number of hydrogen-bond acceptors (Lipinski definition) is 1. The minimum atomic E-state index is -2.32. The summed E-state index contributed by atoms with van der Waals surface area (Å²) < 4.78 is 5.74. The number of aliphatic hydroxyl groups excluding tert-OH is 1. The molecule has 1 nitrogen and oxygen atoms in total. The zero-order valence-corrected chi connectivity index (χ0v) is 23.5. The second-order valence-electron chi connectivity index (χ2n) is 9.07. The average Bonchev–Trinajstić information content (AvgIpc) is 3.23. The van der Waals surface area contributed by atoms with Crippen molar-refractivity contribution < 1.29 is 24.0 Å². The van der Waals surface area contributed by atoms with E-state index in [1.165, 1.54) is 33.4 Å². The first kappa shape index (κ1) is 24.7. The van der Waals surface area contributed by atoms with Gasteiger partial charge in [0, 0.05) is 0 Å². The van der Waals surface area contributed by atoms with Gasteiger partial charge in [-0.05, 0) is 0 Å². The Morgan fingerprint density at radius 2 is 1.42 bits per heavy atom. The molecule has 0 fully saturated rings. The van der Waals surface area contributed by atoms with E-state index in [-0.39, 0.29) is 37.3 Å². The molecule has 161 valence electrons. The summed E-state index contributed by atoms with van der Waals surface area (Å²) in [4.78, 5) is 0. The molecule has 0 bridgehead atoms. The Morgan fingerprint density at radius 1 is 0.806 bits per heavy atom. The Labute approximate surface area is 203 Å². The zero-order valence-electron chi connectivity index (χ0n) is 18.0. The summed E-state index contributed by atoms with van der Waals surface area (Å²) in [6.07, 6.45) is 3.05. The van der Waals surface area contributed by atoms with E-state index < -0.39 is 18.9 Å². The van der Waals surface area contributed by atoms with Crippen LogP contribution in [0.25, 0.3) is 17.2 Å². The Hall–Kier alpha value is -0.960. The van der Waals surface area contributed by atoms with Crippen LogP contribution < -0.4 is 0 Å². The molecule has 5 rings (SSSR count). The van der Waals surface area contributed by atoms with Gasteiger partial charge in [-0.1, -0.05) is 0 Å². The Morgan fingerprint density at radius 3 is 2.13 bits per heavy atom. The maximum atomic E-state index is 9.76. The Kier molecular flexibility index (Phi) is 7.56. The molecule has 2 unspecified atom stereocenters. The van der Waals surface area contributed by atoms with E-state index in [1.54, 1.807) is 11.1 Å². The Balaban J connectivity index is 0.00000136. The predicted molar refractivity (Wildman–Crippen MR) is 136 cm³/mol. The van der Waals surface area contributed by atoms with Gasteiger partial charge in [-0.2, -0.15) is 0 Å². The van der Waals surface area contributed by atoms with Crippen LogP contribution in [0.5, 0.6) is 0 Å². The van der Waals surface area contributed by atoms with Crippen molar-refractivity contribution in [3.8, 4) is 11.1 Å². The van der Waals surface area contributed by atoms with Gasteiger partial charge < -0.3 is 0 Å². The van der Waals surface area contributed by atoms with Crippen LogP contribution in [0.4, 0.5) is 0 Å². The van der Waals surface area contributed by atoms with E-state index in [4.69, 9.17) is 0 Å². The van der Waals surface area contributed by atoms with Crippen LogP contribution in [-0.2, 0) is 18.9 Å². The molecule has 2 aliphatic carbocycles. The second kappa shape index (κ2) is 9.49. The third-order valence-corrected chi connectivity index (χ3v) is 14.2. The molecule has 0 saturated carbocycles. The molecule has 0 radical (unpaired) electrons. The molecule has 0 heterocycles. The summed E-state index contributed by atoms with van der Waals surface area (Å²) in [5, 5.41) is 9.76. The van der Waals surface area contributed by atoms with Gasteiger partial charge in [0.25, 0.3) is 0 Å². The van der Waals surface area contributed by atoms with Crippen molar-refractivity contribution in [1.82, 2.24) is 0 Å². The zero-order chi connectivity index (χ0) is 20.2.